The van der Waals surface area contributed by atoms with Crippen molar-refractivity contribution in [2.24, 2.45) is 5.10 Å². The molecule has 5 rings (SSSR count). The van der Waals surface area contributed by atoms with Crippen molar-refractivity contribution in [1.29, 1.82) is 0 Å². The number of benzene rings is 4. The summed E-state index contributed by atoms with van der Waals surface area (Å²) in [7, 11) is 1.60. The van der Waals surface area contributed by atoms with Crippen molar-refractivity contribution in [3.05, 3.63) is 119 Å². The molecule has 0 aliphatic rings. The number of ether oxygens (including phenoxy) is 1. The number of thiazole rings is 1. The number of nitrogens with one attached hydrogen (secondary N) is 1. The van der Waals surface area contributed by atoms with Crippen molar-refractivity contribution >= 4 is 33.8 Å². The van der Waals surface area contributed by atoms with Gasteiger partial charge >= 0.3 is 5.97 Å². The number of methoxy groups -OCH3 is 1. The van der Waals surface area contributed by atoms with Gasteiger partial charge in [-0.05, 0) is 41.0 Å². The van der Waals surface area contributed by atoms with Crippen LogP contribution in [0.1, 0.15) is 5.56 Å². The lowest BCUT2D eigenvalue weighted by molar-refractivity contribution is -0.385. The maximum atomic E-state index is 12.0. The predicted molar refractivity (Wildman–Crippen MR) is 160 cm³/mol. The third-order valence-electron chi connectivity index (χ3n) is 6.32. The van der Waals surface area contributed by atoms with Gasteiger partial charge in [0.2, 0.25) is 5.13 Å². The van der Waals surface area contributed by atoms with Gasteiger partial charge in [-0.3, -0.25) is 15.5 Å². The SMILES string of the molecule is COc1ccc(-c2sc(N/N=C(/Cc3ccccc3[N+](=O)[O-])C(=O)O)nc2-c2ccc(-c3ccccc3)cc2)cc1. The lowest BCUT2D eigenvalue weighted by Gasteiger charge is -2.06. The minimum Gasteiger partial charge on any atom is -0.497 e. The van der Waals surface area contributed by atoms with Gasteiger partial charge < -0.3 is 9.84 Å². The molecule has 1 aromatic heterocycles. The Labute approximate surface area is 239 Å². The Hall–Kier alpha value is -5.35. The first-order valence-corrected chi connectivity index (χ1v) is 13.3. The fraction of sp³-hybridized carbons (Fsp3) is 0.0645. The van der Waals surface area contributed by atoms with Crippen LogP contribution in [0.3, 0.4) is 0 Å². The molecule has 9 nitrogen and oxygen atoms in total. The monoisotopic (exact) mass is 564 g/mol. The van der Waals surface area contributed by atoms with E-state index in [1.807, 2.05) is 78.9 Å². The molecule has 0 aliphatic carbocycles. The fourth-order valence-corrected chi connectivity index (χ4v) is 5.19. The van der Waals surface area contributed by atoms with E-state index in [-0.39, 0.29) is 23.4 Å². The minimum absolute atomic E-state index is 0.168. The Morgan fingerprint density at radius 1 is 0.902 bits per heavy atom. The van der Waals surface area contributed by atoms with E-state index in [1.54, 1.807) is 13.2 Å². The van der Waals surface area contributed by atoms with E-state index in [1.165, 1.54) is 29.5 Å². The Bertz CT molecular complexity index is 1720. The smallest absolute Gasteiger partial charge is 0.352 e. The fourth-order valence-electron chi connectivity index (χ4n) is 4.25. The molecular weight excluding hydrogens is 540 g/mol. The molecule has 1 heterocycles. The number of nitro groups is 1. The number of hydrogen-bond donors (Lipinski definition) is 2. The average molecular weight is 565 g/mol. The summed E-state index contributed by atoms with van der Waals surface area (Å²) in [5.74, 6) is -0.574. The van der Waals surface area contributed by atoms with Crippen LogP contribution in [0.2, 0.25) is 0 Å². The zero-order valence-corrected chi connectivity index (χ0v) is 22.7. The van der Waals surface area contributed by atoms with E-state index in [0.717, 1.165) is 32.9 Å². The number of aliphatic carboxylic acids is 1. The number of nitro benzene ring substituents is 1. The highest BCUT2D eigenvalue weighted by Crippen LogP contribution is 2.40. The third-order valence-corrected chi connectivity index (χ3v) is 7.33. The second-order valence-electron chi connectivity index (χ2n) is 8.91. The third kappa shape index (κ3) is 6.29. The quantitative estimate of drug-likeness (QED) is 0.105. The molecule has 2 N–H and O–H groups in total. The summed E-state index contributed by atoms with van der Waals surface area (Å²) in [5, 5.41) is 25.6. The number of para-hydroxylation sites is 1. The number of hydrazone groups is 1. The van der Waals surface area contributed by atoms with Crippen LogP contribution in [0.4, 0.5) is 10.8 Å². The number of hydrogen-bond acceptors (Lipinski definition) is 8. The molecule has 0 saturated carbocycles. The Morgan fingerprint density at radius 3 is 2.17 bits per heavy atom. The number of rotatable bonds is 10. The molecule has 0 aliphatic heterocycles. The zero-order valence-electron chi connectivity index (χ0n) is 21.9. The molecular formula is C31H24N4O5S. The first-order chi connectivity index (χ1) is 19.9. The number of aromatic nitrogens is 1. The topological polar surface area (TPSA) is 127 Å². The van der Waals surface area contributed by atoms with Crippen LogP contribution >= 0.6 is 11.3 Å². The Balaban J connectivity index is 1.49. The van der Waals surface area contributed by atoms with Crippen LogP contribution in [-0.2, 0) is 11.2 Å². The highest BCUT2D eigenvalue weighted by Gasteiger charge is 2.20. The highest BCUT2D eigenvalue weighted by molar-refractivity contribution is 7.19. The Kier molecular flexibility index (Phi) is 8.12. The second kappa shape index (κ2) is 12.2. The minimum atomic E-state index is -1.29. The number of anilines is 1. The largest absolute Gasteiger partial charge is 0.497 e. The van der Waals surface area contributed by atoms with E-state index >= 15 is 0 Å². The lowest BCUT2D eigenvalue weighted by atomic mass is 10.0. The van der Waals surface area contributed by atoms with Gasteiger partial charge in [-0.2, -0.15) is 5.10 Å². The first-order valence-electron chi connectivity index (χ1n) is 12.5. The number of carbonyl (C=O) groups is 1. The van der Waals surface area contributed by atoms with Crippen molar-refractivity contribution in [1.82, 2.24) is 4.98 Å². The molecule has 0 radical (unpaired) electrons. The van der Waals surface area contributed by atoms with Crippen molar-refractivity contribution in [3.8, 4) is 38.6 Å². The van der Waals surface area contributed by atoms with Crippen molar-refractivity contribution in [2.45, 2.75) is 6.42 Å². The van der Waals surface area contributed by atoms with Crippen molar-refractivity contribution in [3.63, 3.8) is 0 Å². The standard InChI is InChI=1S/C31H24N4O5S/c1-40-25-17-15-23(16-18-25)29-28(22-13-11-21(12-14-22)20-7-3-2-4-8-20)32-31(41-29)34-33-26(30(36)37)19-24-9-5-6-10-27(24)35(38)39/h2-18H,19H2,1H3,(H,32,34)(H,36,37)/b33-26-. The molecule has 0 saturated heterocycles. The molecule has 10 heteroatoms. The summed E-state index contributed by atoms with van der Waals surface area (Å²) in [4.78, 5) is 28.4. The maximum Gasteiger partial charge on any atom is 0.352 e. The summed E-state index contributed by atoms with van der Waals surface area (Å²) in [5.41, 5.74) is 7.22. The summed E-state index contributed by atoms with van der Waals surface area (Å²) >= 11 is 1.32. The number of carboxylic acid groups (broad SMARTS) is 1. The first kappa shape index (κ1) is 27.2. The molecule has 0 unspecified atom stereocenters. The zero-order chi connectivity index (χ0) is 28.8. The highest BCUT2D eigenvalue weighted by atomic mass is 32.1. The van der Waals surface area contributed by atoms with E-state index in [0.29, 0.717) is 10.8 Å². The summed E-state index contributed by atoms with van der Waals surface area (Å²) in [6.45, 7) is 0. The van der Waals surface area contributed by atoms with Gasteiger partial charge in [-0.1, -0.05) is 84.1 Å². The van der Waals surface area contributed by atoms with Crippen LogP contribution in [0.15, 0.2) is 108 Å². The maximum absolute atomic E-state index is 12.0. The van der Waals surface area contributed by atoms with Gasteiger partial charge in [0.1, 0.15) is 11.5 Å². The average Bonchev–Trinajstić information content (AvgIpc) is 3.44. The number of nitrogens with zero attached hydrogens (tertiary/aromatic N) is 3. The Morgan fingerprint density at radius 2 is 1.51 bits per heavy atom. The molecule has 204 valence electrons. The van der Waals surface area contributed by atoms with E-state index in [4.69, 9.17) is 9.72 Å². The summed E-state index contributed by atoms with van der Waals surface area (Å²) in [6.07, 6.45) is -0.232. The van der Waals surface area contributed by atoms with Crippen LogP contribution in [0.5, 0.6) is 5.75 Å². The molecule has 0 amide bonds. The molecule has 5 aromatic rings. The van der Waals surface area contributed by atoms with Crippen LogP contribution < -0.4 is 10.2 Å². The van der Waals surface area contributed by atoms with Gasteiger partial charge in [0, 0.05) is 23.6 Å². The van der Waals surface area contributed by atoms with Crippen LogP contribution in [0, 0.1) is 10.1 Å². The predicted octanol–water partition coefficient (Wildman–Crippen LogP) is 7.16. The van der Waals surface area contributed by atoms with Gasteiger partial charge in [0.15, 0.2) is 0 Å². The molecule has 0 fully saturated rings. The lowest BCUT2D eigenvalue weighted by Crippen LogP contribution is -2.18. The molecule has 0 bridgehead atoms. The van der Waals surface area contributed by atoms with E-state index in [9.17, 15) is 20.0 Å². The molecule has 0 spiro atoms. The molecule has 0 atom stereocenters. The summed E-state index contributed by atoms with van der Waals surface area (Å²) in [6, 6.07) is 31.7. The van der Waals surface area contributed by atoms with Gasteiger partial charge in [-0.15, -0.1) is 0 Å². The number of carboxylic acids is 1. The van der Waals surface area contributed by atoms with E-state index < -0.39 is 10.9 Å². The normalized spacial score (nSPS) is 11.2. The van der Waals surface area contributed by atoms with Crippen LogP contribution in [-0.4, -0.2) is 33.8 Å². The molecule has 4 aromatic carbocycles. The van der Waals surface area contributed by atoms with Crippen molar-refractivity contribution < 1.29 is 19.6 Å². The second-order valence-corrected chi connectivity index (χ2v) is 9.91. The van der Waals surface area contributed by atoms with Gasteiger partial charge in [0.25, 0.3) is 5.69 Å². The van der Waals surface area contributed by atoms with Crippen LogP contribution in [0.25, 0.3) is 32.8 Å². The summed E-state index contributed by atoms with van der Waals surface area (Å²) < 4.78 is 5.30. The molecule has 41 heavy (non-hydrogen) atoms. The van der Waals surface area contributed by atoms with Crippen molar-refractivity contribution in [2.75, 3.05) is 12.5 Å². The van der Waals surface area contributed by atoms with E-state index in [2.05, 4.69) is 10.5 Å². The van der Waals surface area contributed by atoms with Gasteiger partial charge in [-0.25, -0.2) is 9.78 Å². The van der Waals surface area contributed by atoms with Gasteiger partial charge in [0.05, 0.1) is 22.6 Å².